The number of carbonyl (C=O) groups is 2. The Labute approximate surface area is 153 Å². The van der Waals surface area contributed by atoms with E-state index in [1.165, 1.54) is 0 Å². The Morgan fingerprint density at radius 2 is 1.37 bits per heavy atom. The minimum Gasteiger partial charge on any atom is -0.462 e. The highest BCUT2D eigenvalue weighted by Crippen LogP contribution is 2.47. The number of rotatable bonds is 8. The molecule has 0 aromatic carbocycles. The highest BCUT2D eigenvalue weighted by molar-refractivity contribution is 7.47. The van der Waals surface area contributed by atoms with Crippen molar-refractivity contribution in [1.82, 2.24) is 0 Å². The molecule has 0 aliphatic heterocycles. The average molecular weight is 418 g/mol. The molecule has 0 bridgehead atoms. The minimum atomic E-state index is -5.01. The van der Waals surface area contributed by atoms with Crippen LogP contribution in [0.15, 0.2) is 0 Å². The number of carbonyl (C=O) groups excluding carboxylic acids is 2. The fraction of sp³-hybridized carbons (Fsp3) is 0.846. The summed E-state index contributed by atoms with van der Waals surface area (Å²) < 4.78 is 30.5. The van der Waals surface area contributed by atoms with Gasteiger partial charge < -0.3 is 39.9 Å². The third-order valence-corrected chi connectivity index (χ3v) is 4.54. The second-order valence-electron chi connectivity index (χ2n) is 5.82. The molecule has 0 aromatic heterocycles. The maximum absolute atomic E-state index is 12.0. The van der Waals surface area contributed by atoms with Crippen LogP contribution in [0.1, 0.15) is 13.8 Å². The zero-order valence-electron chi connectivity index (χ0n) is 14.4. The molecule has 0 radical (unpaired) electrons. The van der Waals surface area contributed by atoms with Gasteiger partial charge in [0.05, 0.1) is 6.61 Å². The van der Waals surface area contributed by atoms with E-state index in [1.807, 2.05) is 0 Å². The number of ether oxygens (including phenoxy) is 2. The molecule has 0 aromatic rings. The predicted molar refractivity (Wildman–Crippen MR) is 82.9 cm³/mol. The molecule has 0 heterocycles. The van der Waals surface area contributed by atoms with E-state index < -0.39 is 75.7 Å². The summed E-state index contributed by atoms with van der Waals surface area (Å²) >= 11 is 0. The molecular weight excluding hydrogens is 395 g/mol. The highest BCUT2D eigenvalue weighted by atomic mass is 31.2. The Bertz CT molecular complexity index is 552. The number of phosphoric acid groups is 1. The predicted octanol–water partition coefficient (Wildman–Crippen LogP) is -3.20. The summed E-state index contributed by atoms with van der Waals surface area (Å²) in [5, 5.41) is 48.1. The fourth-order valence-corrected chi connectivity index (χ4v) is 3.22. The Balaban J connectivity index is 2.73. The number of aliphatic hydroxyl groups excluding tert-OH is 5. The van der Waals surface area contributed by atoms with Crippen LogP contribution in [0.3, 0.4) is 0 Å². The molecule has 27 heavy (non-hydrogen) atoms. The van der Waals surface area contributed by atoms with Crippen molar-refractivity contribution in [2.75, 3.05) is 13.2 Å². The second kappa shape index (κ2) is 9.87. The molecular formula is C13H23O13P. The monoisotopic (exact) mass is 418 g/mol. The van der Waals surface area contributed by atoms with Gasteiger partial charge >= 0.3 is 19.8 Å². The third-order valence-electron chi connectivity index (χ3n) is 3.56. The van der Waals surface area contributed by atoms with Crippen molar-refractivity contribution in [2.45, 2.75) is 56.6 Å². The van der Waals surface area contributed by atoms with Crippen LogP contribution in [0.5, 0.6) is 0 Å². The van der Waals surface area contributed by atoms with Gasteiger partial charge in [-0.2, -0.15) is 0 Å². The number of phosphoric ester groups is 1. The van der Waals surface area contributed by atoms with Gasteiger partial charge in [-0.3, -0.25) is 18.6 Å². The van der Waals surface area contributed by atoms with Crippen LogP contribution in [-0.2, 0) is 32.7 Å². The lowest BCUT2D eigenvalue weighted by Gasteiger charge is -2.41. The summed E-state index contributed by atoms with van der Waals surface area (Å²) in [7, 11) is -5.01. The van der Waals surface area contributed by atoms with Crippen molar-refractivity contribution in [3.8, 4) is 0 Å². The van der Waals surface area contributed by atoms with Crippen molar-refractivity contribution in [1.29, 1.82) is 0 Å². The van der Waals surface area contributed by atoms with Crippen molar-refractivity contribution >= 4 is 19.8 Å². The quantitative estimate of drug-likeness (QED) is 0.170. The molecule has 13 nitrogen and oxygen atoms in total. The lowest BCUT2D eigenvalue weighted by Crippen LogP contribution is -2.64. The first-order chi connectivity index (χ1) is 12.4. The van der Waals surface area contributed by atoms with E-state index in [1.54, 1.807) is 0 Å². The number of hydrogen-bond acceptors (Lipinski definition) is 12. The molecule has 1 rings (SSSR count). The summed E-state index contributed by atoms with van der Waals surface area (Å²) in [6, 6.07) is 0. The van der Waals surface area contributed by atoms with Crippen LogP contribution in [0.2, 0.25) is 0 Å². The molecule has 0 spiro atoms. The van der Waals surface area contributed by atoms with E-state index in [0.717, 1.165) is 13.8 Å². The highest BCUT2D eigenvalue weighted by Gasteiger charge is 2.51. The van der Waals surface area contributed by atoms with Gasteiger partial charge in [-0.05, 0) is 0 Å². The zero-order valence-corrected chi connectivity index (χ0v) is 15.3. The van der Waals surface area contributed by atoms with E-state index >= 15 is 0 Å². The number of esters is 2. The van der Waals surface area contributed by atoms with Crippen molar-refractivity contribution in [3.05, 3.63) is 0 Å². The van der Waals surface area contributed by atoms with Crippen LogP contribution in [0.25, 0.3) is 0 Å². The average Bonchev–Trinajstić information content (AvgIpc) is 2.57. The van der Waals surface area contributed by atoms with E-state index in [4.69, 9.17) is 4.74 Å². The maximum atomic E-state index is 12.0. The summed E-state index contributed by atoms with van der Waals surface area (Å²) in [4.78, 5) is 31.5. The van der Waals surface area contributed by atoms with Crippen molar-refractivity contribution < 1.29 is 63.1 Å². The fourth-order valence-electron chi connectivity index (χ4n) is 2.24. The van der Waals surface area contributed by atoms with Gasteiger partial charge in [-0.15, -0.1) is 0 Å². The molecule has 14 heteroatoms. The first-order valence-electron chi connectivity index (χ1n) is 7.72. The normalized spacial score (nSPS) is 34.4. The third kappa shape index (κ3) is 7.07. The smallest absolute Gasteiger partial charge is 0.462 e. The Morgan fingerprint density at radius 1 is 0.889 bits per heavy atom. The molecule has 6 atom stereocenters. The van der Waals surface area contributed by atoms with Crippen LogP contribution >= 0.6 is 7.82 Å². The van der Waals surface area contributed by atoms with Gasteiger partial charge in [-0.25, -0.2) is 4.57 Å². The summed E-state index contributed by atoms with van der Waals surface area (Å²) in [6.45, 7) is 0.891. The largest absolute Gasteiger partial charge is 0.472 e. The molecule has 0 amide bonds. The summed E-state index contributed by atoms with van der Waals surface area (Å²) in [5.41, 5.74) is 0. The van der Waals surface area contributed by atoms with Crippen LogP contribution in [0, 0.1) is 0 Å². The van der Waals surface area contributed by atoms with E-state index in [0.29, 0.717) is 0 Å². The van der Waals surface area contributed by atoms with E-state index in [9.17, 15) is 44.6 Å². The SMILES string of the molecule is CC(=O)OC[C@H](COP(=O)(O)OC1[C@@H](O)[C@H](O)C(O)[C@@H](O)[C@@H]1O)OC(C)=O. The first kappa shape index (κ1) is 23.9. The van der Waals surface area contributed by atoms with Crippen molar-refractivity contribution in [3.63, 3.8) is 0 Å². The topological polar surface area (TPSA) is 210 Å². The molecule has 1 fully saturated rings. The molecule has 6 N–H and O–H groups in total. The van der Waals surface area contributed by atoms with Gasteiger partial charge in [0.15, 0.2) is 6.10 Å². The molecule has 1 aliphatic carbocycles. The summed E-state index contributed by atoms with van der Waals surface area (Å²) in [5.74, 6) is -1.49. The maximum Gasteiger partial charge on any atom is 0.472 e. The van der Waals surface area contributed by atoms with Crippen LogP contribution in [-0.4, -0.2) is 98.3 Å². The lowest BCUT2D eigenvalue weighted by atomic mass is 9.85. The Hall–Kier alpha value is -1.15. The van der Waals surface area contributed by atoms with Crippen LogP contribution in [0.4, 0.5) is 0 Å². The molecule has 0 saturated heterocycles. The van der Waals surface area contributed by atoms with Gasteiger partial charge in [-0.1, -0.05) is 0 Å². The minimum absolute atomic E-state index is 0.479. The molecule has 158 valence electrons. The zero-order chi connectivity index (χ0) is 20.9. The number of aliphatic hydroxyl groups is 5. The number of hydrogen-bond donors (Lipinski definition) is 6. The van der Waals surface area contributed by atoms with Gasteiger partial charge in [0.25, 0.3) is 0 Å². The Kier molecular flexibility index (Phi) is 8.73. The molecule has 1 saturated carbocycles. The molecule has 1 aliphatic rings. The lowest BCUT2D eigenvalue weighted by molar-refractivity contribution is -0.220. The standard InChI is InChI=1S/C13H23O13P/c1-5(14)23-3-7(25-6(2)15)4-24-27(21,22)26-13-11(19)9(17)8(16)10(18)12(13)20/h7-13,16-20H,3-4H2,1-2H3,(H,21,22)/t7-,8?,9-,10-,11+,12+,13?/m1/s1. The summed E-state index contributed by atoms with van der Waals surface area (Å²) in [6.07, 6.45) is -13.1. The Morgan fingerprint density at radius 3 is 1.81 bits per heavy atom. The van der Waals surface area contributed by atoms with Gasteiger partial charge in [0, 0.05) is 13.8 Å². The van der Waals surface area contributed by atoms with Gasteiger partial charge in [0.1, 0.15) is 43.2 Å². The van der Waals surface area contributed by atoms with Gasteiger partial charge in [0.2, 0.25) is 0 Å². The second-order valence-corrected chi connectivity index (χ2v) is 7.23. The van der Waals surface area contributed by atoms with E-state index in [-0.39, 0.29) is 0 Å². The first-order valence-corrected chi connectivity index (χ1v) is 9.22. The van der Waals surface area contributed by atoms with Crippen LogP contribution < -0.4 is 0 Å². The van der Waals surface area contributed by atoms with Crippen molar-refractivity contribution in [2.24, 2.45) is 0 Å². The van der Waals surface area contributed by atoms with E-state index in [2.05, 4.69) is 13.8 Å². The molecule has 1 unspecified atom stereocenters.